The smallest absolute Gasteiger partial charge is 0.310 e. The number of aromatic nitrogens is 2. The molecule has 0 radical (unpaired) electrons. The van der Waals surface area contributed by atoms with E-state index < -0.39 is 22.5 Å². The van der Waals surface area contributed by atoms with Gasteiger partial charge in [0.15, 0.2) is 11.4 Å². The van der Waals surface area contributed by atoms with Crippen LogP contribution in [0.2, 0.25) is 0 Å². The molecule has 114 valence electrons. The standard InChI is InChI=1S/C14H18N2O5/c1-3-4-9-7-14(2,21-13(9)20)10(17)8-16-12(19)6-5-11(18)15-16/h5-6,9H,3-4,7-8H2,1-2H3,(H,15,18). The molecule has 2 rings (SSSR count). The van der Waals surface area contributed by atoms with Crippen molar-refractivity contribution in [2.24, 2.45) is 5.92 Å². The van der Waals surface area contributed by atoms with E-state index in [1.165, 1.54) is 0 Å². The third-order valence-electron chi connectivity index (χ3n) is 3.71. The van der Waals surface area contributed by atoms with Gasteiger partial charge in [0.2, 0.25) is 0 Å². The zero-order valence-electron chi connectivity index (χ0n) is 12.0. The first-order valence-electron chi connectivity index (χ1n) is 6.92. The number of ketones is 1. The molecule has 21 heavy (non-hydrogen) atoms. The molecule has 0 saturated carbocycles. The van der Waals surface area contributed by atoms with Crippen LogP contribution in [-0.2, 0) is 20.9 Å². The predicted molar refractivity (Wildman–Crippen MR) is 73.8 cm³/mol. The quantitative estimate of drug-likeness (QED) is 0.784. The Kier molecular flexibility index (Phi) is 4.11. The van der Waals surface area contributed by atoms with Crippen LogP contribution in [0.1, 0.15) is 33.1 Å². The van der Waals surface area contributed by atoms with E-state index in [0.717, 1.165) is 23.2 Å². The SMILES string of the molecule is CCCC1CC(C)(C(=O)Cn2[nH]c(=O)ccc2=O)OC1=O. The van der Waals surface area contributed by atoms with Crippen LogP contribution in [0, 0.1) is 5.92 Å². The van der Waals surface area contributed by atoms with Gasteiger partial charge in [0.05, 0.1) is 5.92 Å². The van der Waals surface area contributed by atoms with Crippen molar-refractivity contribution in [1.82, 2.24) is 9.78 Å². The molecule has 2 unspecified atom stereocenters. The molecule has 1 aromatic rings. The van der Waals surface area contributed by atoms with E-state index in [9.17, 15) is 19.2 Å². The summed E-state index contributed by atoms with van der Waals surface area (Å²) in [6.45, 7) is 3.19. The van der Waals surface area contributed by atoms with Crippen LogP contribution in [0.3, 0.4) is 0 Å². The first-order valence-corrected chi connectivity index (χ1v) is 6.92. The molecule has 1 fully saturated rings. The van der Waals surface area contributed by atoms with Gasteiger partial charge >= 0.3 is 5.97 Å². The van der Waals surface area contributed by atoms with Crippen molar-refractivity contribution >= 4 is 11.8 Å². The minimum Gasteiger partial charge on any atom is -0.451 e. The number of Topliss-reactive ketones (excluding diaryl/α,β-unsaturated/α-hetero) is 1. The maximum atomic E-state index is 12.3. The molecule has 2 atom stereocenters. The second-order valence-electron chi connectivity index (χ2n) is 5.50. The number of rotatable bonds is 5. The van der Waals surface area contributed by atoms with Gasteiger partial charge in [0.1, 0.15) is 6.54 Å². The summed E-state index contributed by atoms with van der Waals surface area (Å²) in [5, 5.41) is 2.28. The van der Waals surface area contributed by atoms with Crippen LogP contribution >= 0.6 is 0 Å². The summed E-state index contributed by atoms with van der Waals surface area (Å²) < 4.78 is 6.15. The van der Waals surface area contributed by atoms with Crippen molar-refractivity contribution in [3.05, 3.63) is 32.8 Å². The Labute approximate surface area is 120 Å². The third kappa shape index (κ3) is 3.12. The molecule has 0 spiro atoms. The Morgan fingerprint density at radius 2 is 2.14 bits per heavy atom. The molecule has 1 saturated heterocycles. The number of carbonyl (C=O) groups excluding carboxylic acids is 2. The number of aromatic amines is 1. The summed E-state index contributed by atoms with van der Waals surface area (Å²) in [6, 6.07) is 2.19. The topological polar surface area (TPSA) is 98.2 Å². The monoisotopic (exact) mass is 294 g/mol. The fourth-order valence-electron chi connectivity index (χ4n) is 2.53. The number of cyclic esters (lactones) is 1. The molecule has 1 aliphatic rings. The van der Waals surface area contributed by atoms with Gasteiger partial charge in [-0.2, -0.15) is 0 Å². The lowest BCUT2D eigenvalue weighted by atomic mass is 9.89. The highest BCUT2D eigenvalue weighted by molar-refractivity contribution is 5.92. The van der Waals surface area contributed by atoms with Crippen molar-refractivity contribution in [2.45, 2.75) is 45.3 Å². The van der Waals surface area contributed by atoms with Crippen LogP contribution in [0.25, 0.3) is 0 Å². The number of hydrogen-bond donors (Lipinski definition) is 1. The fourth-order valence-corrected chi connectivity index (χ4v) is 2.53. The Bertz CT molecular complexity index is 674. The maximum Gasteiger partial charge on any atom is 0.310 e. The molecule has 2 heterocycles. The number of carbonyl (C=O) groups is 2. The van der Waals surface area contributed by atoms with E-state index in [-0.39, 0.29) is 18.4 Å². The lowest BCUT2D eigenvalue weighted by Crippen LogP contribution is -2.41. The Hall–Kier alpha value is -2.18. The zero-order valence-corrected chi connectivity index (χ0v) is 12.0. The molecular formula is C14H18N2O5. The van der Waals surface area contributed by atoms with Gasteiger partial charge in [0.25, 0.3) is 11.1 Å². The van der Waals surface area contributed by atoms with Crippen LogP contribution in [0.4, 0.5) is 0 Å². The van der Waals surface area contributed by atoms with Crippen molar-refractivity contribution < 1.29 is 14.3 Å². The fraction of sp³-hybridized carbons (Fsp3) is 0.571. The third-order valence-corrected chi connectivity index (χ3v) is 3.71. The average Bonchev–Trinajstić information content (AvgIpc) is 2.71. The molecule has 0 bridgehead atoms. The summed E-state index contributed by atoms with van der Waals surface area (Å²) in [4.78, 5) is 46.9. The van der Waals surface area contributed by atoms with E-state index in [0.29, 0.717) is 12.8 Å². The van der Waals surface area contributed by atoms with Crippen LogP contribution in [0.15, 0.2) is 21.7 Å². The van der Waals surface area contributed by atoms with Gasteiger partial charge in [-0.3, -0.25) is 24.3 Å². The molecule has 7 heteroatoms. The summed E-state index contributed by atoms with van der Waals surface area (Å²) in [6.07, 6.45) is 1.81. The lowest BCUT2D eigenvalue weighted by Gasteiger charge is -2.21. The molecule has 7 nitrogen and oxygen atoms in total. The highest BCUT2D eigenvalue weighted by atomic mass is 16.6. The molecule has 1 aromatic heterocycles. The predicted octanol–water partition coefficient (Wildman–Crippen LogP) is 0.228. The maximum absolute atomic E-state index is 12.3. The first-order chi connectivity index (χ1) is 9.85. The number of hydrogen-bond acceptors (Lipinski definition) is 5. The van der Waals surface area contributed by atoms with Crippen LogP contribution < -0.4 is 11.1 Å². The summed E-state index contributed by atoms with van der Waals surface area (Å²) >= 11 is 0. The van der Waals surface area contributed by atoms with Crippen molar-refractivity contribution in [1.29, 1.82) is 0 Å². The minimum absolute atomic E-state index is 0.282. The Balaban J connectivity index is 2.17. The second kappa shape index (κ2) is 5.67. The number of nitrogens with zero attached hydrogens (tertiary/aromatic N) is 1. The summed E-state index contributed by atoms with van der Waals surface area (Å²) in [7, 11) is 0. The molecule has 1 N–H and O–H groups in total. The second-order valence-corrected chi connectivity index (χ2v) is 5.50. The highest BCUT2D eigenvalue weighted by Crippen LogP contribution is 2.34. The van der Waals surface area contributed by atoms with E-state index in [4.69, 9.17) is 4.74 Å². The average molecular weight is 294 g/mol. The van der Waals surface area contributed by atoms with Crippen molar-refractivity contribution in [3.8, 4) is 0 Å². The van der Waals surface area contributed by atoms with E-state index in [1.807, 2.05) is 6.92 Å². The van der Waals surface area contributed by atoms with Crippen molar-refractivity contribution in [3.63, 3.8) is 0 Å². The zero-order chi connectivity index (χ0) is 15.6. The van der Waals surface area contributed by atoms with Crippen LogP contribution in [-0.4, -0.2) is 27.1 Å². The molecule has 0 aliphatic carbocycles. The van der Waals surface area contributed by atoms with Gasteiger partial charge in [-0.15, -0.1) is 0 Å². The van der Waals surface area contributed by atoms with Gasteiger partial charge in [-0.1, -0.05) is 13.3 Å². The van der Waals surface area contributed by atoms with E-state index in [1.54, 1.807) is 6.92 Å². The largest absolute Gasteiger partial charge is 0.451 e. The number of ether oxygens (including phenoxy) is 1. The molecule has 0 aromatic carbocycles. The number of nitrogens with one attached hydrogen (secondary N) is 1. The van der Waals surface area contributed by atoms with Crippen molar-refractivity contribution in [2.75, 3.05) is 0 Å². The van der Waals surface area contributed by atoms with Gasteiger partial charge in [0, 0.05) is 18.6 Å². The van der Waals surface area contributed by atoms with Gasteiger partial charge < -0.3 is 4.74 Å². The lowest BCUT2D eigenvalue weighted by molar-refractivity contribution is -0.157. The van der Waals surface area contributed by atoms with Gasteiger partial charge in [-0.25, -0.2) is 4.68 Å². The summed E-state index contributed by atoms with van der Waals surface area (Å²) in [5.74, 6) is -1.06. The van der Waals surface area contributed by atoms with E-state index >= 15 is 0 Å². The highest BCUT2D eigenvalue weighted by Gasteiger charge is 2.47. The Morgan fingerprint density at radius 3 is 2.81 bits per heavy atom. The normalized spacial score (nSPS) is 24.9. The minimum atomic E-state index is -1.23. The summed E-state index contributed by atoms with van der Waals surface area (Å²) in [5.41, 5.74) is -2.19. The number of H-pyrrole nitrogens is 1. The molecule has 0 amide bonds. The van der Waals surface area contributed by atoms with Gasteiger partial charge in [-0.05, 0) is 13.3 Å². The molecular weight excluding hydrogens is 276 g/mol. The molecule has 1 aliphatic heterocycles. The van der Waals surface area contributed by atoms with Crippen LogP contribution in [0.5, 0.6) is 0 Å². The van der Waals surface area contributed by atoms with E-state index in [2.05, 4.69) is 5.10 Å². The first kappa shape index (κ1) is 15.2. The Morgan fingerprint density at radius 1 is 1.43 bits per heavy atom. The number of esters is 1.